The number of rotatable bonds is 4. The Kier molecular flexibility index (Phi) is 5.00. The molecule has 140 valence electrons. The third-order valence-electron chi connectivity index (χ3n) is 5.39. The van der Waals surface area contributed by atoms with Crippen LogP contribution in [0.15, 0.2) is 24.3 Å². The van der Waals surface area contributed by atoms with Gasteiger partial charge in [0, 0.05) is 38.9 Å². The van der Waals surface area contributed by atoms with Gasteiger partial charge in [-0.15, -0.1) is 0 Å². The molecule has 2 amide bonds. The Bertz CT molecular complexity index is 707. The van der Waals surface area contributed by atoms with E-state index < -0.39 is 17.6 Å². The SMILES string of the molecule is Cc1ccc(CN2C(=O)CCC2C(=O)N2CCC(O)(C(=O)O)CC2)cc1. The Balaban J connectivity index is 1.67. The van der Waals surface area contributed by atoms with Crippen molar-refractivity contribution in [2.24, 2.45) is 0 Å². The summed E-state index contributed by atoms with van der Waals surface area (Å²) in [4.78, 5) is 39.5. The van der Waals surface area contributed by atoms with E-state index in [1.54, 1.807) is 9.80 Å². The highest BCUT2D eigenvalue weighted by Gasteiger charge is 2.44. The van der Waals surface area contributed by atoms with Gasteiger partial charge in [0.15, 0.2) is 5.60 Å². The van der Waals surface area contributed by atoms with Gasteiger partial charge < -0.3 is 20.0 Å². The van der Waals surface area contributed by atoms with Gasteiger partial charge in [0.2, 0.25) is 11.8 Å². The summed E-state index contributed by atoms with van der Waals surface area (Å²) in [6.07, 6.45) is 0.831. The predicted molar refractivity (Wildman–Crippen MR) is 93.2 cm³/mol. The van der Waals surface area contributed by atoms with E-state index in [1.165, 1.54) is 0 Å². The van der Waals surface area contributed by atoms with E-state index in [1.807, 2.05) is 31.2 Å². The number of aliphatic hydroxyl groups is 1. The lowest BCUT2D eigenvalue weighted by Crippen LogP contribution is -2.54. The molecule has 7 nitrogen and oxygen atoms in total. The molecule has 0 aromatic heterocycles. The van der Waals surface area contributed by atoms with Crippen molar-refractivity contribution < 1.29 is 24.6 Å². The van der Waals surface area contributed by atoms with Crippen molar-refractivity contribution in [1.29, 1.82) is 0 Å². The number of piperidine rings is 1. The molecular weight excluding hydrogens is 336 g/mol. The molecule has 0 radical (unpaired) electrons. The molecule has 1 unspecified atom stereocenters. The molecule has 2 heterocycles. The van der Waals surface area contributed by atoms with Crippen LogP contribution in [0.5, 0.6) is 0 Å². The first-order chi connectivity index (χ1) is 12.3. The van der Waals surface area contributed by atoms with E-state index in [2.05, 4.69) is 0 Å². The average molecular weight is 360 g/mol. The first-order valence-corrected chi connectivity index (χ1v) is 8.90. The molecule has 26 heavy (non-hydrogen) atoms. The van der Waals surface area contributed by atoms with Crippen molar-refractivity contribution in [3.63, 3.8) is 0 Å². The van der Waals surface area contributed by atoms with Gasteiger partial charge in [0.1, 0.15) is 6.04 Å². The number of carbonyl (C=O) groups is 3. The summed E-state index contributed by atoms with van der Waals surface area (Å²) in [5.74, 6) is -1.44. The molecule has 0 aliphatic carbocycles. The summed E-state index contributed by atoms with van der Waals surface area (Å²) in [5, 5.41) is 19.1. The van der Waals surface area contributed by atoms with Crippen LogP contribution in [0.4, 0.5) is 0 Å². The second-order valence-electron chi connectivity index (χ2n) is 7.22. The Morgan fingerprint density at radius 2 is 1.81 bits per heavy atom. The minimum atomic E-state index is -1.76. The maximum absolute atomic E-state index is 12.9. The molecule has 0 spiro atoms. The van der Waals surface area contributed by atoms with E-state index in [4.69, 9.17) is 5.11 Å². The fourth-order valence-corrected chi connectivity index (χ4v) is 3.60. The molecule has 1 atom stereocenters. The van der Waals surface area contributed by atoms with Gasteiger partial charge in [-0.2, -0.15) is 0 Å². The Labute approximate surface area is 152 Å². The minimum absolute atomic E-state index is 0.00665. The van der Waals surface area contributed by atoms with Gasteiger partial charge in [-0.25, -0.2) is 4.79 Å². The molecule has 1 aromatic carbocycles. The molecule has 2 aliphatic rings. The number of amides is 2. The predicted octanol–water partition coefficient (Wildman–Crippen LogP) is 0.924. The standard InChI is InChI=1S/C19H24N2O5/c1-13-2-4-14(5-3-13)12-21-15(6-7-16(21)22)17(23)20-10-8-19(26,9-11-20)18(24)25/h2-5,15,26H,6-12H2,1H3,(H,24,25). The maximum Gasteiger partial charge on any atom is 0.335 e. The Morgan fingerprint density at radius 1 is 1.19 bits per heavy atom. The largest absolute Gasteiger partial charge is 0.479 e. The monoisotopic (exact) mass is 360 g/mol. The van der Waals surface area contributed by atoms with Crippen LogP contribution in [0, 0.1) is 6.92 Å². The third-order valence-corrected chi connectivity index (χ3v) is 5.39. The molecule has 0 saturated carbocycles. The second kappa shape index (κ2) is 7.07. The molecule has 3 rings (SSSR count). The first-order valence-electron chi connectivity index (χ1n) is 8.90. The van der Waals surface area contributed by atoms with E-state index >= 15 is 0 Å². The highest BCUT2D eigenvalue weighted by Crippen LogP contribution is 2.27. The highest BCUT2D eigenvalue weighted by molar-refractivity contribution is 5.91. The van der Waals surface area contributed by atoms with E-state index in [-0.39, 0.29) is 37.7 Å². The fraction of sp³-hybridized carbons (Fsp3) is 0.526. The van der Waals surface area contributed by atoms with Crippen molar-refractivity contribution >= 4 is 17.8 Å². The van der Waals surface area contributed by atoms with Gasteiger partial charge in [0.25, 0.3) is 0 Å². The Hall–Kier alpha value is -2.41. The molecule has 2 saturated heterocycles. The number of aliphatic carboxylic acids is 1. The number of nitrogens with zero attached hydrogens (tertiary/aromatic N) is 2. The first kappa shape index (κ1) is 18.4. The highest BCUT2D eigenvalue weighted by atomic mass is 16.4. The molecule has 2 aliphatic heterocycles. The second-order valence-corrected chi connectivity index (χ2v) is 7.22. The van der Waals surface area contributed by atoms with Gasteiger partial charge in [-0.1, -0.05) is 29.8 Å². The molecule has 2 fully saturated rings. The maximum atomic E-state index is 12.9. The van der Waals surface area contributed by atoms with Crippen LogP contribution in [0.2, 0.25) is 0 Å². The van der Waals surface area contributed by atoms with Crippen LogP contribution in [-0.4, -0.2) is 62.5 Å². The molecular formula is C19H24N2O5. The molecule has 2 N–H and O–H groups in total. The Morgan fingerprint density at radius 3 is 2.38 bits per heavy atom. The lowest BCUT2D eigenvalue weighted by atomic mass is 9.91. The smallest absolute Gasteiger partial charge is 0.335 e. The molecule has 0 bridgehead atoms. The summed E-state index contributed by atoms with van der Waals surface area (Å²) >= 11 is 0. The third kappa shape index (κ3) is 3.58. The van der Waals surface area contributed by atoms with Crippen LogP contribution in [0.25, 0.3) is 0 Å². The number of aryl methyl sites for hydroxylation is 1. The minimum Gasteiger partial charge on any atom is -0.479 e. The number of hydrogen-bond acceptors (Lipinski definition) is 4. The van der Waals surface area contributed by atoms with Crippen molar-refractivity contribution in [1.82, 2.24) is 9.80 Å². The quantitative estimate of drug-likeness (QED) is 0.832. The van der Waals surface area contributed by atoms with Gasteiger partial charge in [-0.3, -0.25) is 9.59 Å². The lowest BCUT2D eigenvalue weighted by molar-refractivity contribution is -0.166. The van der Waals surface area contributed by atoms with Gasteiger partial charge in [-0.05, 0) is 18.9 Å². The summed E-state index contributed by atoms with van der Waals surface area (Å²) in [5.41, 5.74) is 0.347. The van der Waals surface area contributed by atoms with E-state index in [0.717, 1.165) is 11.1 Å². The summed E-state index contributed by atoms with van der Waals surface area (Å²) in [7, 11) is 0. The van der Waals surface area contributed by atoms with Gasteiger partial charge >= 0.3 is 5.97 Å². The molecule has 7 heteroatoms. The zero-order valence-electron chi connectivity index (χ0n) is 14.9. The van der Waals surface area contributed by atoms with Crippen LogP contribution in [0.1, 0.15) is 36.8 Å². The normalized spacial score (nSPS) is 22.5. The number of benzene rings is 1. The average Bonchev–Trinajstić information content (AvgIpc) is 2.97. The van der Waals surface area contributed by atoms with Crippen LogP contribution in [-0.2, 0) is 20.9 Å². The van der Waals surface area contributed by atoms with Crippen LogP contribution in [0.3, 0.4) is 0 Å². The summed E-state index contributed by atoms with van der Waals surface area (Å²) < 4.78 is 0. The van der Waals surface area contributed by atoms with Crippen molar-refractivity contribution in [3.05, 3.63) is 35.4 Å². The number of carbonyl (C=O) groups excluding carboxylic acids is 2. The van der Waals surface area contributed by atoms with Crippen molar-refractivity contribution in [3.8, 4) is 0 Å². The summed E-state index contributed by atoms with van der Waals surface area (Å²) in [6, 6.07) is 7.35. The van der Waals surface area contributed by atoms with Crippen molar-refractivity contribution in [2.45, 2.75) is 50.8 Å². The van der Waals surface area contributed by atoms with Gasteiger partial charge in [0.05, 0.1) is 0 Å². The van der Waals surface area contributed by atoms with Crippen molar-refractivity contribution in [2.75, 3.05) is 13.1 Å². The number of carboxylic acids is 1. The van der Waals surface area contributed by atoms with Crippen LogP contribution < -0.4 is 0 Å². The number of carboxylic acid groups (broad SMARTS) is 1. The molecule has 1 aromatic rings. The van der Waals surface area contributed by atoms with Crippen LogP contribution >= 0.6 is 0 Å². The topological polar surface area (TPSA) is 98.2 Å². The van der Waals surface area contributed by atoms with E-state index in [0.29, 0.717) is 19.4 Å². The summed E-state index contributed by atoms with van der Waals surface area (Å²) in [6.45, 7) is 2.75. The lowest BCUT2D eigenvalue weighted by Gasteiger charge is -2.37. The van der Waals surface area contributed by atoms with E-state index in [9.17, 15) is 19.5 Å². The zero-order valence-corrected chi connectivity index (χ0v) is 14.9. The number of likely N-dealkylation sites (tertiary alicyclic amines) is 2. The zero-order chi connectivity index (χ0) is 18.9. The fourth-order valence-electron chi connectivity index (χ4n) is 3.60. The number of hydrogen-bond donors (Lipinski definition) is 2.